The SMILES string of the molecule is Cc1c(S(=O)(=O)N(c2ccc(N3CCNCC3)cc2)C2CCCCC2)sc2ccc(Cl)cc12. The highest BCUT2D eigenvalue weighted by Gasteiger charge is 2.35. The number of aryl methyl sites for hydroxylation is 1. The largest absolute Gasteiger partial charge is 0.369 e. The van der Waals surface area contributed by atoms with Crippen LogP contribution < -0.4 is 14.5 Å². The number of thiophene rings is 1. The van der Waals surface area contributed by atoms with Crippen LogP contribution in [0, 0.1) is 6.92 Å². The fourth-order valence-corrected chi connectivity index (χ4v) is 8.80. The molecule has 5 nitrogen and oxygen atoms in total. The molecule has 1 N–H and O–H groups in total. The zero-order valence-corrected chi connectivity index (χ0v) is 21.3. The number of hydrogen-bond donors (Lipinski definition) is 1. The third kappa shape index (κ3) is 4.48. The summed E-state index contributed by atoms with van der Waals surface area (Å²) in [7, 11) is -3.71. The van der Waals surface area contributed by atoms with E-state index in [-0.39, 0.29) is 6.04 Å². The van der Waals surface area contributed by atoms with Crippen LogP contribution in [0.2, 0.25) is 5.02 Å². The summed E-state index contributed by atoms with van der Waals surface area (Å²) < 4.78 is 31.5. The van der Waals surface area contributed by atoms with Crippen molar-refractivity contribution in [3.63, 3.8) is 0 Å². The van der Waals surface area contributed by atoms with E-state index in [2.05, 4.69) is 22.3 Å². The number of anilines is 2. The monoisotopic (exact) mass is 503 g/mol. The van der Waals surface area contributed by atoms with Crippen LogP contribution >= 0.6 is 22.9 Å². The number of sulfonamides is 1. The number of piperazine rings is 1. The lowest BCUT2D eigenvalue weighted by atomic mass is 9.95. The molecule has 2 aromatic carbocycles. The number of benzene rings is 2. The molecular weight excluding hydrogens is 474 g/mol. The molecule has 2 heterocycles. The molecule has 3 aromatic rings. The molecule has 0 atom stereocenters. The Morgan fingerprint density at radius 1 is 1.03 bits per heavy atom. The standard InChI is InChI=1S/C25H30ClN3O2S2/c1-18-23-17-19(26)7-12-24(23)32-25(18)33(30,31)29(21-5-3-2-4-6-21)22-10-8-20(9-11-22)28-15-13-27-14-16-28/h7-12,17,21,27H,2-6,13-16H2,1H3. The van der Waals surface area contributed by atoms with E-state index >= 15 is 0 Å². The number of hydrogen-bond acceptors (Lipinski definition) is 5. The van der Waals surface area contributed by atoms with Crippen molar-refractivity contribution in [1.82, 2.24) is 5.32 Å². The molecular formula is C25H30ClN3O2S2. The van der Waals surface area contributed by atoms with Crippen molar-refractivity contribution in [2.75, 3.05) is 35.4 Å². The summed E-state index contributed by atoms with van der Waals surface area (Å²) in [6.07, 6.45) is 5.10. The van der Waals surface area contributed by atoms with Crippen molar-refractivity contribution in [3.05, 3.63) is 53.1 Å². The van der Waals surface area contributed by atoms with Gasteiger partial charge < -0.3 is 10.2 Å². The first-order chi connectivity index (χ1) is 15.9. The molecule has 8 heteroatoms. The van der Waals surface area contributed by atoms with Crippen LogP contribution in [0.5, 0.6) is 0 Å². The van der Waals surface area contributed by atoms with E-state index in [1.54, 1.807) is 4.31 Å². The van der Waals surface area contributed by atoms with E-state index in [1.807, 2.05) is 37.3 Å². The Kier molecular flexibility index (Phi) is 6.58. The quantitative estimate of drug-likeness (QED) is 0.478. The van der Waals surface area contributed by atoms with Crippen molar-refractivity contribution in [1.29, 1.82) is 0 Å². The van der Waals surface area contributed by atoms with E-state index < -0.39 is 10.0 Å². The second kappa shape index (κ2) is 9.45. The van der Waals surface area contributed by atoms with Gasteiger partial charge >= 0.3 is 0 Å². The first-order valence-corrected chi connectivity index (χ1v) is 14.4. The lowest BCUT2D eigenvalue weighted by molar-refractivity contribution is 0.438. The van der Waals surface area contributed by atoms with Gasteiger partial charge in [-0.1, -0.05) is 30.9 Å². The van der Waals surface area contributed by atoms with Gasteiger partial charge in [-0.25, -0.2) is 8.42 Å². The van der Waals surface area contributed by atoms with Crippen molar-refractivity contribution in [2.45, 2.75) is 49.3 Å². The van der Waals surface area contributed by atoms with Gasteiger partial charge in [-0.15, -0.1) is 11.3 Å². The minimum atomic E-state index is -3.71. The van der Waals surface area contributed by atoms with E-state index in [1.165, 1.54) is 17.8 Å². The zero-order chi connectivity index (χ0) is 23.0. The highest BCUT2D eigenvalue weighted by Crippen LogP contribution is 2.40. The lowest BCUT2D eigenvalue weighted by Gasteiger charge is -2.35. The fraction of sp³-hybridized carbons (Fsp3) is 0.440. The number of rotatable bonds is 5. The number of halogens is 1. The van der Waals surface area contributed by atoms with Gasteiger partial charge in [-0.05, 0) is 73.2 Å². The highest BCUT2D eigenvalue weighted by atomic mass is 35.5. The first-order valence-electron chi connectivity index (χ1n) is 11.7. The van der Waals surface area contributed by atoms with Gasteiger partial charge in [0.2, 0.25) is 0 Å². The Balaban J connectivity index is 1.56. The molecule has 1 aliphatic carbocycles. The van der Waals surface area contributed by atoms with Crippen molar-refractivity contribution < 1.29 is 8.42 Å². The molecule has 33 heavy (non-hydrogen) atoms. The van der Waals surface area contributed by atoms with Crippen LogP contribution in [0.4, 0.5) is 11.4 Å². The van der Waals surface area contributed by atoms with E-state index in [4.69, 9.17) is 11.6 Å². The summed E-state index contributed by atoms with van der Waals surface area (Å²) in [6.45, 7) is 5.77. The fourth-order valence-electron chi connectivity index (χ4n) is 5.10. The number of fused-ring (bicyclic) bond motifs is 1. The second-order valence-electron chi connectivity index (χ2n) is 9.00. The summed E-state index contributed by atoms with van der Waals surface area (Å²) >= 11 is 7.56. The minimum absolute atomic E-state index is 0.0120. The topological polar surface area (TPSA) is 52.7 Å². The van der Waals surface area contributed by atoms with Crippen LogP contribution in [0.15, 0.2) is 46.7 Å². The van der Waals surface area contributed by atoms with Crippen LogP contribution in [-0.4, -0.2) is 40.6 Å². The molecule has 2 fully saturated rings. The average Bonchev–Trinajstić information content (AvgIpc) is 3.17. The Morgan fingerprint density at radius 3 is 2.42 bits per heavy atom. The Labute approximate surface area is 205 Å². The maximum absolute atomic E-state index is 14.2. The summed E-state index contributed by atoms with van der Waals surface area (Å²) in [5, 5.41) is 4.92. The van der Waals surface area contributed by atoms with Crippen molar-refractivity contribution in [3.8, 4) is 0 Å². The minimum Gasteiger partial charge on any atom is -0.369 e. The van der Waals surface area contributed by atoms with E-state index in [0.29, 0.717) is 9.23 Å². The van der Waals surface area contributed by atoms with E-state index in [0.717, 1.165) is 78.9 Å². The molecule has 2 aliphatic rings. The molecule has 1 aliphatic heterocycles. The Hall–Kier alpha value is -1.80. The zero-order valence-electron chi connectivity index (χ0n) is 18.9. The summed E-state index contributed by atoms with van der Waals surface area (Å²) in [4.78, 5) is 2.35. The third-order valence-corrected chi connectivity index (χ3v) is 10.8. The van der Waals surface area contributed by atoms with Gasteiger partial charge in [-0.3, -0.25) is 4.31 Å². The van der Waals surface area contributed by atoms with Gasteiger partial charge in [0.25, 0.3) is 10.0 Å². The van der Waals surface area contributed by atoms with Gasteiger partial charge in [0.15, 0.2) is 0 Å². The number of nitrogens with zero attached hydrogens (tertiary/aromatic N) is 2. The first kappa shape index (κ1) is 23.0. The smallest absolute Gasteiger partial charge is 0.274 e. The van der Waals surface area contributed by atoms with Gasteiger partial charge in [0.05, 0.1) is 5.69 Å². The second-order valence-corrected chi connectivity index (χ2v) is 12.5. The van der Waals surface area contributed by atoms with Crippen molar-refractivity contribution in [2.24, 2.45) is 0 Å². The highest BCUT2D eigenvalue weighted by molar-refractivity contribution is 7.95. The van der Waals surface area contributed by atoms with Crippen molar-refractivity contribution >= 4 is 54.4 Å². The maximum Gasteiger partial charge on any atom is 0.274 e. The molecule has 0 amide bonds. The molecule has 1 saturated heterocycles. The normalized spacial score (nSPS) is 18.1. The van der Waals surface area contributed by atoms with Crippen LogP contribution in [0.25, 0.3) is 10.1 Å². The summed E-state index contributed by atoms with van der Waals surface area (Å²) in [5.74, 6) is 0. The number of nitrogens with one attached hydrogen (secondary N) is 1. The van der Waals surface area contributed by atoms with Crippen LogP contribution in [-0.2, 0) is 10.0 Å². The molecule has 0 radical (unpaired) electrons. The van der Waals surface area contributed by atoms with E-state index in [9.17, 15) is 8.42 Å². The van der Waals surface area contributed by atoms with Gasteiger partial charge in [0.1, 0.15) is 4.21 Å². The van der Waals surface area contributed by atoms with Gasteiger partial charge in [0, 0.05) is 47.6 Å². The summed E-state index contributed by atoms with van der Waals surface area (Å²) in [6, 6.07) is 13.7. The Morgan fingerprint density at radius 2 is 1.73 bits per heavy atom. The molecule has 0 bridgehead atoms. The predicted octanol–water partition coefficient (Wildman–Crippen LogP) is 5.80. The van der Waals surface area contributed by atoms with Crippen LogP contribution in [0.1, 0.15) is 37.7 Å². The average molecular weight is 504 g/mol. The third-order valence-electron chi connectivity index (χ3n) is 6.84. The molecule has 1 aromatic heterocycles. The molecule has 176 valence electrons. The van der Waals surface area contributed by atoms with Crippen LogP contribution in [0.3, 0.4) is 0 Å². The molecule has 0 spiro atoms. The Bertz CT molecular complexity index is 1230. The molecule has 5 rings (SSSR count). The summed E-state index contributed by atoms with van der Waals surface area (Å²) in [5.41, 5.74) is 2.69. The maximum atomic E-state index is 14.2. The van der Waals surface area contributed by atoms with Gasteiger partial charge in [-0.2, -0.15) is 0 Å². The molecule has 1 saturated carbocycles. The molecule has 0 unspecified atom stereocenters. The lowest BCUT2D eigenvalue weighted by Crippen LogP contribution is -2.43. The predicted molar refractivity (Wildman–Crippen MR) is 140 cm³/mol.